The van der Waals surface area contributed by atoms with Crippen LogP contribution in [0.3, 0.4) is 0 Å². The van der Waals surface area contributed by atoms with Crippen LogP contribution in [0.2, 0.25) is 0 Å². The quantitative estimate of drug-likeness (QED) is 0.382. The van der Waals surface area contributed by atoms with E-state index in [1.807, 2.05) is 30.9 Å². The lowest BCUT2D eigenvalue weighted by Crippen LogP contribution is -2.59. The van der Waals surface area contributed by atoms with Gasteiger partial charge in [-0.05, 0) is 23.3 Å². The molecule has 0 spiro atoms. The Hall–Kier alpha value is -4.28. The Kier molecular flexibility index (Phi) is 10.6. The van der Waals surface area contributed by atoms with E-state index in [-0.39, 0.29) is 23.9 Å². The van der Waals surface area contributed by atoms with Crippen molar-refractivity contribution in [2.45, 2.75) is 32.4 Å². The molecule has 2 aliphatic rings. The number of amides is 2. The zero-order valence-electron chi connectivity index (χ0n) is 23.1. The van der Waals surface area contributed by atoms with E-state index in [0.717, 1.165) is 0 Å². The second-order valence-electron chi connectivity index (χ2n) is 9.32. The van der Waals surface area contributed by atoms with Crippen molar-refractivity contribution in [2.24, 2.45) is 5.10 Å². The normalized spacial score (nSPS) is 16.7. The molecule has 1 aromatic heterocycles. The lowest BCUT2D eigenvalue weighted by atomic mass is 9.94. The Morgan fingerprint density at radius 3 is 2.27 bits per heavy atom. The van der Waals surface area contributed by atoms with Gasteiger partial charge in [0.25, 0.3) is 5.91 Å². The van der Waals surface area contributed by atoms with E-state index in [1.54, 1.807) is 35.9 Å². The highest BCUT2D eigenvalue weighted by Crippen LogP contribution is 2.32. The molecule has 1 fully saturated rings. The fraction of sp³-hybridized carbons (Fsp3) is 0.333. The fourth-order valence-corrected chi connectivity index (χ4v) is 4.97. The van der Waals surface area contributed by atoms with Crippen LogP contribution >= 0.6 is 0 Å². The summed E-state index contributed by atoms with van der Waals surface area (Å²) < 4.78 is 0. The molecule has 1 unspecified atom stereocenters. The molecule has 0 aliphatic carbocycles. The molecule has 0 radical (unpaired) electrons. The maximum Gasteiger partial charge on any atom is 0.255 e. The summed E-state index contributed by atoms with van der Waals surface area (Å²) in [6.45, 7) is 6.65. The van der Waals surface area contributed by atoms with Gasteiger partial charge in [0.05, 0.1) is 11.6 Å². The van der Waals surface area contributed by atoms with Gasteiger partial charge in [-0.1, -0.05) is 74.5 Å². The number of hydrogen-bond donors (Lipinski definition) is 3. The molecule has 2 amide bonds. The largest absolute Gasteiger partial charge is 0.354 e. The van der Waals surface area contributed by atoms with Crippen molar-refractivity contribution in [1.29, 1.82) is 0 Å². The molecular formula is C30H38N8O2. The van der Waals surface area contributed by atoms with Crippen molar-refractivity contribution < 1.29 is 9.59 Å². The second-order valence-corrected chi connectivity index (χ2v) is 9.32. The Morgan fingerprint density at radius 2 is 1.68 bits per heavy atom. The van der Waals surface area contributed by atoms with Crippen LogP contribution in [0.5, 0.6) is 0 Å². The van der Waals surface area contributed by atoms with Gasteiger partial charge in [-0.15, -0.1) is 5.53 Å². The Balaban J connectivity index is 0.00000181. The maximum absolute atomic E-state index is 13.3. The van der Waals surface area contributed by atoms with Gasteiger partial charge in [0.1, 0.15) is 6.34 Å². The van der Waals surface area contributed by atoms with E-state index in [2.05, 4.69) is 79.9 Å². The summed E-state index contributed by atoms with van der Waals surface area (Å²) in [5.41, 5.74) is 8.38. The van der Waals surface area contributed by atoms with Gasteiger partial charge in [0, 0.05) is 57.6 Å². The molecular weight excluding hydrogens is 504 g/mol. The lowest BCUT2D eigenvalue weighted by molar-refractivity contribution is -0.121. The Morgan fingerprint density at radius 1 is 0.975 bits per heavy atom. The average Bonchev–Trinajstić information content (AvgIpc) is 3.56. The van der Waals surface area contributed by atoms with E-state index in [0.29, 0.717) is 44.7 Å². The molecule has 0 bridgehead atoms. The molecule has 1 atom stereocenters. The Labute approximate surface area is 236 Å². The highest BCUT2D eigenvalue weighted by atomic mass is 16.2. The van der Waals surface area contributed by atoms with Crippen molar-refractivity contribution in [3.05, 3.63) is 102 Å². The number of nitrogens with zero attached hydrogens (tertiary/aromatic N) is 5. The van der Waals surface area contributed by atoms with Crippen molar-refractivity contribution in [3.8, 4) is 0 Å². The summed E-state index contributed by atoms with van der Waals surface area (Å²) >= 11 is 0. The summed E-state index contributed by atoms with van der Waals surface area (Å²) in [5, 5.41) is 8.68. The summed E-state index contributed by atoms with van der Waals surface area (Å²) in [5.74, 6) is -0.101. The molecule has 3 aromatic rings. The van der Waals surface area contributed by atoms with Crippen molar-refractivity contribution in [3.63, 3.8) is 0 Å². The van der Waals surface area contributed by atoms with Crippen LogP contribution in [-0.4, -0.2) is 76.7 Å². The minimum Gasteiger partial charge on any atom is -0.354 e. The number of piperazine rings is 1. The van der Waals surface area contributed by atoms with E-state index in [1.165, 1.54) is 11.1 Å². The third-order valence-corrected chi connectivity index (χ3v) is 6.86. The first kappa shape index (κ1) is 28.7. The second kappa shape index (κ2) is 14.8. The van der Waals surface area contributed by atoms with Gasteiger partial charge in [-0.2, -0.15) is 5.10 Å². The molecule has 210 valence electrons. The monoisotopic (exact) mass is 542 g/mol. The maximum atomic E-state index is 13.3. The summed E-state index contributed by atoms with van der Waals surface area (Å²) in [6, 6.07) is 24.3. The summed E-state index contributed by atoms with van der Waals surface area (Å²) in [6.07, 6.45) is 5.18. The number of hydrogen-bond acceptors (Lipinski definition) is 8. The number of hydrazine groups is 2. The number of carbonyl (C=O) groups is 2. The molecule has 3 N–H and O–H groups in total. The first-order valence-electron chi connectivity index (χ1n) is 13.8. The van der Waals surface area contributed by atoms with Crippen LogP contribution in [0, 0.1) is 0 Å². The number of carbonyl (C=O) groups excluding carboxylic acids is 2. The highest BCUT2D eigenvalue weighted by Gasteiger charge is 2.35. The van der Waals surface area contributed by atoms with E-state index in [4.69, 9.17) is 0 Å². The molecule has 1 saturated heterocycles. The SMILES string of the molecule is CC.O=C(CCN1C=NNN1)NCC1CN(C(=O)c2cccnc2)CCN1C(c1ccccc1)c1ccccc1. The average molecular weight is 543 g/mol. The smallest absolute Gasteiger partial charge is 0.255 e. The van der Waals surface area contributed by atoms with Crippen molar-refractivity contribution in [1.82, 2.24) is 36.2 Å². The van der Waals surface area contributed by atoms with Crippen LogP contribution in [0.1, 0.15) is 47.8 Å². The van der Waals surface area contributed by atoms with E-state index >= 15 is 0 Å². The third-order valence-electron chi connectivity index (χ3n) is 6.86. The number of hydrazone groups is 1. The highest BCUT2D eigenvalue weighted by molar-refractivity contribution is 5.94. The zero-order chi connectivity index (χ0) is 28.2. The number of aromatic nitrogens is 1. The molecule has 10 heteroatoms. The Bertz CT molecular complexity index is 1190. The lowest BCUT2D eigenvalue weighted by Gasteiger charge is -2.45. The minimum absolute atomic E-state index is 0.00830. The van der Waals surface area contributed by atoms with Gasteiger partial charge >= 0.3 is 0 Å². The molecule has 10 nitrogen and oxygen atoms in total. The zero-order valence-corrected chi connectivity index (χ0v) is 23.1. The van der Waals surface area contributed by atoms with Gasteiger partial charge in [0.2, 0.25) is 5.91 Å². The molecule has 2 aromatic carbocycles. The number of rotatable bonds is 9. The van der Waals surface area contributed by atoms with E-state index < -0.39 is 0 Å². The molecule has 40 heavy (non-hydrogen) atoms. The van der Waals surface area contributed by atoms with E-state index in [9.17, 15) is 9.59 Å². The van der Waals surface area contributed by atoms with Crippen molar-refractivity contribution >= 4 is 18.2 Å². The topological polar surface area (TPSA) is 105 Å². The standard InChI is InChI=1S/C28H32N8O2.C2H6/c37-26(13-15-35-21-31-32-33-35)30-19-25-20-34(28(38)24-12-7-14-29-18-24)16-17-36(25)27(22-8-3-1-4-9-22)23-10-5-2-6-11-23;1-2/h1-12,14,18,21,25,27,32-33H,13,15-17,19-20H2,(H,30,37);1-2H3. The first-order valence-corrected chi connectivity index (χ1v) is 13.8. The first-order chi connectivity index (χ1) is 19.7. The predicted molar refractivity (Wildman–Crippen MR) is 156 cm³/mol. The number of nitrogens with one attached hydrogen (secondary N) is 3. The van der Waals surface area contributed by atoms with Crippen LogP contribution in [0.4, 0.5) is 0 Å². The van der Waals surface area contributed by atoms with Crippen LogP contribution in [-0.2, 0) is 4.79 Å². The van der Waals surface area contributed by atoms with Crippen LogP contribution < -0.4 is 16.4 Å². The summed E-state index contributed by atoms with van der Waals surface area (Å²) in [4.78, 5) is 34.5. The molecule has 0 saturated carbocycles. The molecule has 5 rings (SSSR count). The van der Waals surface area contributed by atoms with Gasteiger partial charge < -0.3 is 10.2 Å². The fourth-order valence-electron chi connectivity index (χ4n) is 4.97. The van der Waals surface area contributed by atoms with Crippen molar-refractivity contribution in [2.75, 3.05) is 32.7 Å². The third kappa shape index (κ3) is 7.43. The molecule has 3 heterocycles. The van der Waals surface area contributed by atoms with Crippen LogP contribution in [0.15, 0.2) is 90.3 Å². The summed E-state index contributed by atoms with van der Waals surface area (Å²) in [7, 11) is 0. The number of benzene rings is 2. The van der Waals surface area contributed by atoms with Crippen LogP contribution in [0.25, 0.3) is 0 Å². The molecule has 2 aliphatic heterocycles. The van der Waals surface area contributed by atoms with Gasteiger partial charge in [-0.3, -0.25) is 24.5 Å². The number of pyridine rings is 1. The minimum atomic E-state index is -0.0909. The predicted octanol–water partition coefficient (Wildman–Crippen LogP) is 2.80. The van der Waals surface area contributed by atoms with Gasteiger partial charge in [-0.25, -0.2) is 5.53 Å². The van der Waals surface area contributed by atoms with Gasteiger partial charge in [0.15, 0.2) is 0 Å².